The maximum absolute atomic E-state index is 12.9. The van der Waals surface area contributed by atoms with Crippen LogP contribution in [0.2, 0.25) is 0 Å². The quantitative estimate of drug-likeness (QED) is 0.691. The van der Waals surface area contributed by atoms with Gasteiger partial charge in [0.2, 0.25) is 5.91 Å². The predicted molar refractivity (Wildman–Crippen MR) is 102 cm³/mol. The second-order valence-electron chi connectivity index (χ2n) is 7.14. The largest absolute Gasteiger partial charge is 0.484 e. The van der Waals surface area contributed by atoms with E-state index in [4.69, 9.17) is 9.47 Å². The van der Waals surface area contributed by atoms with E-state index in [1.54, 1.807) is 12.0 Å². The number of halogens is 1. The van der Waals surface area contributed by atoms with Gasteiger partial charge in [0, 0.05) is 46.4 Å². The second-order valence-corrected chi connectivity index (χ2v) is 7.14. The van der Waals surface area contributed by atoms with Gasteiger partial charge in [0.15, 0.2) is 6.61 Å². The molecule has 7 nitrogen and oxygen atoms in total. The Morgan fingerprint density at radius 2 is 1.93 bits per heavy atom. The van der Waals surface area contributed by atoms with Gasteiger partial charge in [-0.2, -0.15) is 0 Å². The van der Waals surface area contributed by atoms with Crippen LogP contribution in [0.5, 0.6) is 5.75 Å². The lowest BCUT2D eigenvalue weighted by molar-refractivity contribution is -0.133. The van der Waals surface area contributed by atoms with Crippen LogP contribution in [0.25, 0.3) is 0 Å². The standard InChI is InChI=1S/C20H28FN3O4/c1-27-14-13-24-10-7-18(20(24)26)22-8-2-9-23(12-11-22)19(25)15-28-17-5-3-16(21)4-6-17/h3-6,18H,2,7-15H2,1H3/t18-/m1/s1. The van der Waals surface area contributed by atoms with E-state index in [0.29, 0.717) is 38.5 Å². The summed E-state index contributed by atoms with van der Waals surface area (Å²) in [5, 5.41) is 0. The van der Waals surface area contributed by atoms with Gasteiger partial charge in [-0.15, -0.1) is 0 Å². The minimum absolute atomic E-state index is 0.0706. The Morgan fingerprint density at radius 3 is 2.68 bits per heavy atom. The summed E-state index contributed by atoms with van der Waals surface area (Å²) < 4.78 is 23.5. The zero-order chi connectivity index (χ0) is 19.9. The van der Waals surface area contributed by atoms with Crippen LogP contribution in [-0.4, -0.2) is 92.1 Å². The lowest BCUT2D eigenvalue weighted by Crippen LogP contribution is -2.44. The van der Waals surface area contributed by atoms with Crippen molar-refractivity contribution in [2.45, 2.75) is 18.9 Å². The first-order valence-electron chi connectivity index (χ1n) is 9.76. The van der Waals surface area contributed by atoms with Crippen LogP contribution in [0, 0.1) is 5.82 Å². The first-order chi connectivity index (χ1) is 13.6. The molecule has 0 unspecified atom stereocenters. The molecule has 0 aliphatic carbocycles. The number of carbonyl (C=O) groups excluding carboxylic acids is 2. The molecule has 0 spiro atoms. The first kappa shape index (κ1) is 20.5. The molecule has 8 heteroatoms. The third-order valence-electron chi connectivity index (χ3n) is 5.33. The summed E-state index contributed by atoms with van der Waals surface area (Å²) in [6.07, 6.45) is 1.65. The zero-order valence-corrected chi connectivity index (χ0v) is 16.3. The van der Waals surface area contributed by atoms with Gasteiger partial charge in [-0.3, -0.25) is 14.5 Å². The number of ether oxygens (including phenoxy) is 2. The number of nitrogens with zero attached hydrogens (tertiary/aromatic N) is 3. The van der Waals surface area contributed by atoms with Crippen LogP contribution in [0.3, 0.4) is 0 Å². The maximum Gasteiger partial charge on any atom is 0.260 e. The fourth-order valence-electron chi connectivity index (χ4n) is 3.75. The van der Waals surface area contributed by atoms with Gasteiger partial charge in [0.25, 0.3) is 5.91 Å². The van der Waals surface area contributed by atoms with Crippen LogP contribution in [0.4, 0.5) is 4.39 Å². The van der Waals surface area contributed by atoms with E-state index in [9.17, 15) is 14.0 Å². The summed E-state index contributed by atoms with van der Waals surface area (Å²) in [5.74, 6) is 0.203. The van der Waals surface area contributed by atoms with Crippen LogP contribution in [-0.2, 0) is 14.3 Å². The molecule has 2 aliphatic heterocycles. The Balaban J connectivity index is 1.47. The van der Waals surface area contributed by atoms with Crippen LogP contribution < -0.4 is 4.74 Å². The maximum atomic E-state index is 12.9. The van der Waals surface area contributed by atoms with Crippen molar-refractivity contribution in [2.24, 2.45) is 0 Å². The number of methoxy groups -OCH3 is 1. The number of carbonyl (C=O) groups is 2. The molecule has 0 bridgehead atoms. The van der Waals surface area contributed by atoms with E-state index >= 15 is 0 Å². The Bertz CT molecular complexity index is 670. The zero-order valence-electron chi connectivity index (χ0n) is 16.3. The lowest BCUT2D eigenvalue weighted by Gasteiger charge is -2.26. The predicted octanol–water partition coefficient (Wildman–Crippen LogP) is 0.986. The average Bonchev–Trinajstić information content (AvgIpc) is 2.91. The van der Waals surface area contributed by atoms with Crippen molar-refractivity contribution >= 4 is 11.8 Å². The SMILES string of the molecule is COCCN1CC[C@@H](N2CCCN(C(=O)COc3ccc(F)cc3)CC2)C1=O. The highest BCUT2D eigenvalue weighted by molar-refractivity contribution is 5.84. The van der Waals surface area contributed by atoms with Crippen LogP contribution >= 0.6 is 0 Å². The summed E-state index contributed by atoms with van der Waals surface area (Å²) in [6, 6.07) is 5.53. The van der Waals surface area contributed by atoms with Gasteiger partial charge >= 0.3 is 0 Å². The molecule has 2 saturated heterocycles. The number of hydrogen-bond acceptors (Lipinski definition) is 5. The number of rotatable bonds is 7. The molecule has 3 rings (SSSR count). The third-order valence-corrected chi connectivity index (χ3v) is 5.33. The van der Waals surface area contributed by atoms with Crippen molar-refractivity contribution in [1.82, 2.24) is 14.7 Å². The Morgan fingerprint density at radius 1 is 1.14 bits per heavy atom. The number of likely N-dealkylation sites (tertiary alicyclic amines) is 1. The van der Waals surface area contributed by atoms with Crippen molar-refractivity contribution in [2.75, 3.05) is 59.6 Å². The van der Waals surface area contributed by atoms with Gasteiger partial charge in [0.1, 0.15) is 11.6 Å². The van der Waals surface area contributed by atoms with E-state index in [1.807, 2.05) is 4.90 Å². The molecule has 0 saturated carbocycles. The van der Waals surface area contributed by atoms with E-state index in [2.05, 4.69) is 4.90 Å². The van der Waals surface area contributed by atoms with Gasteiger partial charge in [-0.1, -0.05) is 0 Å². The minimum Gasteiger partial charge on any atom is -0.484 e. The average molecular weight is 393 g/mol. The molecular weight excluding hydrogens is 365 g/mol. The Kier molecular flexibility index (Phi) is 7.22. The molecule has 1 atom stereocenters. The van der Waals surface area contributed by atoms with Gasteiger partial charge < -0.3 is 19.3 Å². The highest BCUT2D eigenvalue weighted by Gasteiger charge is 2.36. The molecule has 0 radical (unpaired) electrons. The molecule has 2 heterocycles. The summed E-state index contributed by atoms with van der Waals surface area (Å²) in [5.41, 5.74) is 0. The highest BCUT2D eigenvalue weighted by Crippen LogP contribution is 2.19. The van der Waals surface area contributed by atoms with Gasteiger partial charge in [0.05, 0.1) is 12.6 Å². The van der Waals surface area contributed by atoms with Gasteiger partial charge in [-0.05, 0) is 37.1 Å². The summed E-state index contributed by atoms with van der Waals surface area (Å²) >= 11 is 0. The van der Waals surface area contributed by atoms with E-state index < -0.39 is 0 Å². The van der Waals surface area contributed by atoms with Crippen LogP contribution in [0.1, 0.15) is 12.8 Å². The van der Waals surface area contributed by atoms with E-state index in [-0.39, 0.29) is 30.3 Å². The first-order valence-corrected chi connectivity index (χ1v) is 9.76. The second kappa shape index (κ2) is 9.84. The number of hydrogen-bond donors (Lipinski definition) is 0. The monoisotopic (exact) mass is 393 g/mol. The summed E-state index contributed by atoms with van der Waals surface area (Å²) in [4.78, 5) is 30.9. The number of amides is 2. The molecular formula is C20H28FN3O4. The number of benzene rings is 1. The van der Waals surface area contributed by atoms with Crippen molar-refractivity contribution in [3.63, 3.8) is 0 Å². The van der Waals surface area contributed by atoms with E-state index in [0.717, 1.165) is 25.9 Å². The minimum atomic E-state index is -0.339. The molecule has 2 fully saturated rings. The van der Waals surface area contributed by atoms with Crippen molar-refractivity contribution < 1.29 is 23.5 Å². The van der Waals surface area contributed by atoms with Crippen LogP contribution in [0.15, 0.2) is 24.3 Å². The normalized spacial score (nSPS) is 21.1. The van der Waals surface area contributed by atoms with Crippen molar-refractivity contribution in [1.29, 1.82) is 0 Å². The topological polar surface area (TPSA) is 62.3 Å². The van der Waals surface area contributed by atoms with E-state index in [1.165, 1.54) is 24.3 Å². The molecule has 2 amide bonds. The molecule has 154 valence electrons. The summed E-state index contributed by atoms with van der Waals surface area (Å²) in [6.45, 7) is 4.58. The lowest BCUT2D eigenvalue weighted by atomic mass is 10.2. The molecule has 1 aromatic rings. The Hall–Kier alpha value is -2.19. The van der Waals surface area contributed by atoms with Gasteiger partial charge in [-0.25, -0.2) is 4.39 Å². The van der Waals surface area contributed by atoms with Crippen molar-refractivity contribution in [3.05, 3.63) is 30.1 Å². The smallest absolute Gasteiger partial charge is 0.260 e. The molecule has 0 N–H and O–H groups in total. The highest BCUT2D eigenvalue weighted by atomic mass is 19.1. The van der Waals surface area contributed by atoms with Crippen molar-refractivity contribution in [3.8, 4) is 5.75 Å². The molecule has 0 aromatic heterocycles. The fourth-order valence-corrected chi connectivity index (χ4v) is 3.75. The molecule has 28 heavy (non-hydrogen) atoms. The molecule has 2 aliphatic rings. The fraction of sp³-hybridized carbons (Fsp3) is 0.600. The summed E-state index contributed by atoms with van der Waals surface area (Å²) in [7, 11) is 1.64. The third kappa shape index (κ3) is 5.20. The molecule has 1 aromatic carbocycles. The Labute approximate surface area is 165 Å².